The predicted octanol–water partition coefficient (Wildman–Crippen LogP) is 3.32. The van der Waals surface area contributed by atoms with Crippen LogP contribution in [0.3, 0.4) is 0 Å². The molecule has 0 aliphatic rings. The molecule has 0 bridgehead atoms. The van der Waals surface area contributed by atoms with Crippen LogP contribution in [-0.2, 0) is 0 Å². The molecule has 2 aromatic rings. The molecule has 3 heteroatoms. The molecule has 1 aromatic carbocycles. The maximum atomic E-state index is 5.36. The van der Waals surface area contributed by atoms with E-state index < -0.39 is 0 Å². The first-order valence-electron chi connectivity index (χ1n) is 4.83. The van der Waals surface area contributed by atoms with Gasteiger partial charge in [-0.1, -0.05) is 18.2 Å². The second kappa shape index (κ2) is 4.04. The van der Waals surface area contributed by atoms with Crippen molar-refractivity contribution < 1.29 is 0 Å². The highest BCUT2D eigenvalue weighted by molar-refractivity contribution is 7.14. The van der Waals surface area contributed by atoms with Crippen LogP contribution in [0.25, 0.3) is 11.1 Å². The molecule has 0 radical (unpaired) electrons. The van der Waals surface area contributed by atoms with E-state index in [0.29, 0.717) is 0 Å². The molecule has 1 heterocycles. The first-order valence-corrected chi connectivity index (χ1v) is 5.71. The molecule has 2 nitrogen and oxygen atoms in total. The first-order chi connectivity index (χ1) is 7.20. The fraction of sp³-hybridized carbons (Fsp3) is 0.167. The lowest BCUT2D eigenvalue weighted by atomic mass is 10.0. The van der Waals surface area contributed by atoms with E-state index >= 15 is 0 Å². The van der Waals surface area contributed by atoms with E-state index in [1.165, 1.54) is 22.3 Å². The van der Waals surface area contributed by atoms with Gasteiger partial charge in [-0.25, -0.2) is 5.84 Å². The van der Waals surface area contributed by atoms with Crippen molar-refractivity contribution in [3.8, 4) is 11.1 Å². The summed E-state index contributed by atoms with van der Waals surface area (Å²) in [6, 6.07) is 8.56. The topological polar surface area (TPSA) is 38.0 Å². The van der Waals surface area contributed by atoms with Gasteiger partial charge in [0.2, 0.25) is 0 Å². The molecule has 0 saturated heterocycles. The zero-order valence-electron chi connectivity index (χ0n) is 8.87. The monoisotopic (exact) mass is 218 g/mol. The summed E-state index contributed by atoms with van der Waals surface area (Å²) in [7, 11) is 0. The molecule has 0 amide bonds. The summed E-state index contributed by atoms with van der Waals surface area (Å²) in [5.41, 5.74) is 7.77. The number of nitrogen functional groups attached to an aromatic ring is 1. The van der Waals surface area contributed by atoms with Crippen LogP contribution in [0.5, 0.6) is 0 Å². The molecule has 0 aliphatic carbocycles. The Morgan fingerprint density at radius 2 is 1.87 bits per heavy atom. The van der Waals surface area contributed by atoms with Crippen LogP contribution >= 0.6 is 11.3 Å². The predicted molar refractivity (Wildman–Crippen MR) is 67.0 cm³/mol. The molecule has 78 valence electrons. The first kappa shape index (κ1) is 10.2. The van der Waals surface area contributed by atoms with E-state index in [-0.39, 0.29) is 0 Å². The average Bonchev–Trinajstić information content (AvgIpc) is 2.70. The van der Waals surface area contributed by atoms with Crippen LogP contribution in [0.2, 0.25) is 0 Å². The van der Waals surface area contributed by atoms with Crippen LogP contribution in [-0.4, -0.2) is 0 Å². The number of rotatable bonds is 2. The summed E-state index contributed by atoms with van der Waals surface area (Å²) in [6.07, 6.45) is 0. The molecule has 0 spiro atoms. The molecule has 0 saturated carbocycles. The van der Waals surface area contributed by atoms with Crippen molar-refractivity contribution in [3.63, 3.8) is 0 Å². The van der Waals surface area contributed by atoms with Gasteiger partial charge in [0.15, 0.2) is 0 Å². The smallest absolute Gasteiger partial charge is 0.103 e. The second-order valence-corrected chi connectivity index (χ2v) is 4.55. The third-order valence-electron chi connectivity index (χ3n) is 2.58. The van der Waals surface area contributed by atoms with Crippen molar-refractivity contribution in [1.82, 2.24) is 0 Å². The molecule has 0 aliphatic heterocycles. The molecule has 0 atom stereocenters. The van der Waals surface area contributed by atoms with Crippen molar-refractivity contribution in [2.45, 2.75) is 13.8 Å². The highest BCUT2D eigenvalue weighted by Gasteiger charge is 2.02. The van der Waals surface area contributed by atoms with Crippen molar-refractivity contribution in [2.75, 3.05) is 5.43 Å². The summed E-state index contributed by atoms with van der Waals surface area (Å²) < 4.78 is 0. The van der Waals surface area contributed by atoms with E-state index in [4.69, 9.17) is 5.84 Å². The van der Waals surface area contributed by atoms with E-state index in [0.717, 1.165) is 5.00 Å². The van der Waals surface area contributed by atoms with Crippen LogP contribution in [0.4, 0.5) is 5.00 Å². The van der Waals surface area contributed by atoms with E-state index in [1.807, 2.05) is 0 Å². The quantitative estimate of drug-likeness (QED) is 0.599. The van der Waals surface area contributed by atoms with Gasteiger partial charge in [-0.2, -0.15) is 0 Å². The van der Waals surface area contributed by atoms with Gasteiger partial charge in [0.1, 0.15) is 5.00 Å². The van der Waals surface area contributed by atoms with E-state index in [9.17, 15) is 0 Å². The summed E-state index contributed by atoms with van der Waals surface area (Å²) in [6.45, 7) is 4.26. The maximum absolute atomic E-state index is 5.36. The number of nitrogens with one attached hydrogen (secondary N) is 1. The average molecular weight is 218 g/mol. The lowest BCUT2D eigenvalue weighted by molar-refractivity contribution is 1.34. The number of thiophene rings is 1. The van der Waals surface area contributed by atoms with Crippen LogP contribution in [0, 0.1) is 13.8 Å². The minimum Gasteiger partial charge on any atom is -0.315 e. The Morgan fingerprint density at radius 3 is 2.47 bits per heavy atom. The van der Waals surface area contributed by atoms with Crippen molar-refractivity contribution in [2.24, 2.45) is 5.84 Å². The van der Waals surface area contributed by atoms with Crippen molar-refractivity contribution >= 4 is 16.3 Å². The lowest BCUT2D eigenvalue weighted by Gasteiger charge is -2.02. The Balaban J connectivity index is 2.40. The second-order valence-electron chi connectivity index (χ2n) is 3.64. The zero-order chi connectivity index (χ0) is 10.8. The Hall–Kier alpha value is -1.32. The molecular weight excluding hydrogens is 204 g/mol. The molecule has 0 unspecified atom stereocenters. The molecule has 3 N–H and O–H groups in total. The van der Waals surface area contributed by atoms with Gasteiger partial charge < -0.3 is 5.43 Å². The van der Waals surface area contributed by atoms with Gasteiger partial charge in [0, 0.05) is 5.38 Å². The number of hydrogen-bond donors (Lipinski definition) is 2. The number of anilines is 1. The molecule has 0 fully saturated rings. The van der Waals surface area contributed by atoms with E-state index in [2.05, 4.69) is 48.9 Å². The highest BCUT2D eigenvalue weighted by atomic mass is 32.1. The van der Waals surface area contributed by atoms with Crippen LogP contribution in [0.15, 0.2) is 29.6 Å². The Morgan fingerprint density at radius 1 is 1.07 bits per heavy atom. The number of benzene rings is 1. The highest BCUT2D eigenvalue weighted by Crippen LogP contribution is 2.29. The number of hydrazine groups is 1. The van der Waals surface area contributed by atoms with Crippen molar-refractivity contribution in [1.29, 1.82) is 0 Å². The minimum absolute atomic E-state index is 0.989. The molecule has 1 aromatic heterocycles. The van der Waals surface area contributed by atoms with Crippen LogP contribution < -0.4 is 11.3 Å². The molecule has 2 rings (SSSR count). The lowest BCUT2D eigenvalue weighted by Crippen LogP contribution is -2.04. The number of hydrogen-bond acceptors (Lipinski definition) is 3. The fourth-order valence-electron chi connectivity index (χ4n) is 1.48. The third-order valence-corrected chi connectivity index (χ3v) is 3.44. The number of nitrogens with two attached hydrogens (primary N) is 1. The van der Waals surface area contributed by atoms with Gasteiger partial charge in [-0.3, -0.25) is 0 Å². The molecule has 15 heavy (non-hydrogen) atoms. The summed E-state index contributed by atoms with van der Waals surface area (Å²) in [4.78, 5) is 0. The summed E-state index contributed by atoms with van der Waals surface area (Å²) in [5.74, 6) is 5.36. The summed E-state index contributed by atoms with van der Waals surface area (Å²) in [5, 5.41) is 3.10. The van der Waals surface area contributed by atoms with Gasteiger partial charge in [0.25, 0.3) is 0 Å². The zero-order valence-corrected chi connectivity index (χ0v) is 9.69. The van der Waals surface area contributed by atoms with Gasteiger partial charge in [0.05, 0.1) is 0 Å². The standard InChI is InChI=1S/C12H14N2S/c1-8-3-4-10(5-9(8)2)11-6-12(14-13)15-7-11/h3-7,14H,13H2,1-2H3. The SMILES string of the molecule is Cc1ccc(-c2csc(NN)c2)cc1C. The van der Waals surface area contributed by atoms with Gasteiger partial charge >= 0.3 is 0 Å². The normalized spacial score (nSPS) is 10.3. The largest absolute Gasteiger partial charge is 0.315 e. The van der Waals surface area contributed by atoms with Gasteiger partial charge in [-0.15, -0.1) is 11.3 Å². The van der Waals surface area contributed by atoms with Crippen LogP contribution in [0.1, 0.15) is 11.1 Å². The number of aryl methyl sites for hydroxylation is 2. The minimum atomic E-state index is 0.989. The Kier molecular flexibility index (Phi) is 2.75. The Bertz CT molecular complexity index is 474. The van der Waals surface area contributed by atoms with Gasteiger partial charge in [-0.05, 0) is 42.2 Å². The maximum Gasteiger partial charge on any atom is 0.103 e. The van der Waals surface area contributed by atoms with Crippen molar-refractivity contribution in [3.05, 3.63) is 40.8 Å². The summed E-state index contributed by atoms with van der Waals surface area (Å²) >= 11 is 1.62. The van der Waals surface area contributed by atoms with E-state index in [1.54, 1.807) is 11.3 Å². The fourth-order valence-corrected chi connectivity index (χ4v) is 2.21. The molecular formula is C12H14N2S. The third kappa shape index (κ3) is 2.03. The Labute approximate surface area is 93.7 Å².